The van der Waals surface area contributed by atoms with E-state index in [-0.39, 0.29) is 11.0 Å². The number of nitrogens with two attached hydrogens (primary N) is 1. The fraction of sp³-hybridized carbons (Fsp3) is 0.778. The van der Waals surface area contributed by atoms with Gasteiger partial charge in [-0.1, -0.05) is 0 Å². The van der Waals surface area contributed by atoms with Crippen LogP contribution < -0.4 is 11.1 Å². The molecule has 0 spiro atoms. The molecule has 0 atom stereocenters. The summed E-state index contributed by atoms with van der Waals surface area (Å²) in [7, 11) is 0. The maximum absolute atomic E-state index is 11.6. The summed E-state index contributed by atoms with van der Waals surface area (Å²) in [5.41, 5.74) is 5.25. The number of rotatable bonds is 3. The molecule has 0 aromatic heterocycles. The lowest BCUT2D eigenvalue weighted by Gasteiger charge is -2.26. The monoisotopic (exact) mass is 215 g/mol. The average molecular weight is 215 g/mol. The van der Waals surface area contributed by atoms with Crippen molar-refractivity contribution in [2.24, 2.45) is 5.73 Å². The van der Waals surface area contributed by atoms with Gasteiger partial charge in [0, 0.05) is 26.1 Å². The van der Waals surface area contributed by atoms with Gasteiger partial charge in [0.2, 0.25) is 5.91 Å². The standard InChI is InChI=1S/C9H17N3OS/c10-9(14)11-5-4-8(13)12-6-2-1-3-7-12/h1-7H2,(H3,10,11,14). The number of likely N-dealkylation sites (tertiary alicyclic amines) is 1. The molecule has 0 aromatic rings. The van der Waals surface area contributed by atoms with Crippen LogP contribution in [0.3, 0.4) is 0 Å². The minimum Gasteiger partial charge on any atom is -0.376 e. The lowest BCUT2D eigenvalue weighted by atomic mass is 10.1. The van der Waals surface area contributed by atoms with Gasteiger partial charge in [-0.25, -0.2) is 0 Å². The lowest BCUT2D eigenvalue weighted by Crippen LogP contribution is -2.38. The zero-order valence-electron chi connectivity index (χ0n) is 8.29. The van der Waals surface area contributed by atoms with Gasteiger partial charge in [0.15, 0.2) is 5.11 Å². The number of thiocarbonyl (C=S) groups is 1. The van der Waals surface area contributed by atoms with Crippen molar-refractivity contribution in [3.63, 3.8) is 0 Å². The molecule has 0 saturated carbocycles. The molecule has 1 amide bonds. The van der Waals surface area contributed by atoms with Crippen LogP contribution in [0.1, 0.15) is 25.7 Å². The second kappa shape index (κ2) is 5.80. The molecule has 1 rings (SSSR count). The molecule has 3 N–H and O–H groups in total. The van der Waals surface area contributed by atoms with Crippen LogP contribution >= 0.6 is 12.2 Å². The van der Waals surface area contributed by atoms with E-state index in [1.54, 1.807) is 0 Å². The molecule has 1 aliphatic heterocycles. The first kappa shape index (κ1) is 11.2. The molecular weight excluding hydrogens is 198 g/mol. The Balaban J connectivity index is 2.16. The van der Waals surface area contributed by atoms with Gasteiger partial charge in [0.1, 0.15) is 0 Å². The summed E-state index contributed by atoms with van der Waals surface area (Å²) in [5, 5.41) is 3.04. The highest BCUT2D eigenvalue weighted by atomic mass is 32.1. The van der Waals surface area contributed by atoms with Crippen molar-refractivity contribution >= 4 is 23.2 Å². The maximum atomic E-state index is 11.6. The summed E-state index contributed by atoms with van der Waals surface area (Å²) >= 11 is 4.65. The Morgan fingerprint density at radius 2 is 2.00 bits per heavy atom. The maximum Gasteiger partial charge on any atom is 0.224 e. The Kier molecular flexibility index (Phi) is 4.65. The van der Waals surface area contributed by atoms with Gasteiger partial charge in [0.05, 0.1) is 0 Å². The third-order valence-corrected chi connectivity index (χ3v) is 2.49. The predicted molar refractivity (Wildman–Crippen MR) is 59.8 cm³/mol. The first-order chi connectivity index (χ1) is 6.70. The Bertz CT molecular complexity index is 214. The zero-order chi connectivity index (χ0) is 10.4. The minimum absolute atomic E-state index is 0.202. The van der Waals surface area contributed by atoms with E-state index in [1.807, 2.05) is 4.90 Å². The third kappa shape index (κ3) is 3.91. The van der Waals surface area contributed by atoms with E-state index >= 15 is 0 Å². The van der Waals surface area contributed by atoms with Crippen molar-refractivity contribution in [3.05, 3.63) is 0 Å². The number of hydrogen-bond donors (Lipinski definition) is 2. The quantitative estimate of drug-likeness (QED) is 0.661. The summed E-state index contributed by atoms with van der Waals surface area (Å²) in [6, 6.07) is 0. The zero-order valence-corrected chi connectivity index (χ0v) is 9.11. The van der Waals surface area contributed by atoms with Crippen molar-refractivity contribution in [3.8, 4) is 0 Å². The van der Waals surface area contributed by atoms with Gasteiger partial charge in [-0.3, -0.25) is 4.79 Å². The summed E-state index contributed by atoms with van der Waals surface area (Å²) in [6.07, 6.45) is 4.00. The Hall–Kier alpha value is -0.840. The van der Waals surface area contributed by atoms with E-state index in [1.165, 1.54) is 6.42 Å². The number of amides is 1. The van der Waals surface area contributed by atoms with Gasteiger partial charge in [0.25, 0.3) is 0 Å². The van der Waals surface area contributed by atoms with E-state index in [4.69, 9.17) is 5.73 Å². The van der Waals surface area contributed by atoms with Crippen molar-refractivity contribution in [1.82, 2.24) is 10.2 Å². The molecule has 1 aliphatic rings. The molecule has 0 unspecified atom stereocenters. The molecule has 1 fully saturated rings. The Morgan fingerprint density at radius 1 is 1.36 bits per heavy atom. The molecule has 1 heterocycles. The fourth-order valence-corrected chi connectivity index (χ4v) is 1.70. The fourth-order valence-electron chi connectivity index (χ4n) is 1.59. The van der Waals surface area contributed by atoms with Crippen molar-refractivity contribution < 1.29 is 4.79 Å². The molecule has 0 aromatic carbocycles. The number of piperidine rings is 1. The SMILES string of the molecule is NC(=S)NCCC(=O)N1CCCCC1. The van der Waals surface area contributed by atoms with Crippen LogP contribution in [0.25, 0.3) is 0 Å². The van der Waals surface area contributed by atoms with Gasteiger partial charge < -0.3 is 16.0 Å². The molecule has 80 valence electrons. The number of nitrogens with one attached hydrogen (secondary N) is 1. The topological polar surface area (TPSA) is 58.4 Å². The normalized spacial score (nSPS) is 16.4. The van der Waals surface area contributed by atoms with E-state index in [2.05, 4.69) is 17.5 Å². The predicted octanol–water partition coefficient (Wildman–Crippen LogP) is 0.222. The van der Waals surface area contributed by atoms with E-state index in [9.17, 15) is 4.79 Å². The van der Waals surface area contributed by atoms with Crippen LogP contribution in [0, 0.1) is 0 Å². The Morgan fingerprint density at radius 3 is 2.57 bits per heavy atom. The summed E-state index contributed by atoms with van der Waals surface area (Å²) < 4.78 is 0. The van der Waals surface area contributed by atoms with Gasteiger partial charge in [-0.15, -0.1) is 0 Å². The molecule has 14 heavy (non-hydrogen) atoms. The van der Waals surface area contributed by atoms with Crippen LogP contribution in [-0.4, -0.2) is 35.6 Å². The number of nitrogens with zero attached hydrogens (tertiary/aromatic N) is 1. The molecule has 4 nitrogen and oxygen atoms in total. The van der Waals surface area contributed by atoms with Crippen LogP contribution in [0.4, 0.5) is 0 Å². The van der Waals surface area contributed by atoms with E-state index in [0.717, 1.165) is 25.9 Å². The van der Waals surface area contributed by atoms with Crippen LogP contribution in [0.2, 0.25) is 0 Å². The van der Waals surface area contributed by atoms with Crippen molar-refractivity contribution in [2.75, 3.05) is 19.6 Å². The van der Waals surface area contributed by atoms with Crippen LogP contribution in [0.5, 0.6) is 0 Å². The second-order valence-electron chi connectivity index (χ2n) is 3.48. The third-order valence-electron chi connectivity index (χ3n) is 2.35. The summed E-state index contributed by atoms with van der Waals surface area (Å²) in [4.78, 5) is 13.5. The van der Waals surface area contributed by atoms with Gasteiger partial charge in [-0.2, -0.15) is 0 Å². The molecule has 5 heteroatoms. The van der Waals surface area contributed by atoms with Gasteiger partial charge in [-0.05, 0) is 31.5 Å². The molecule has 0 radical (unpaired) electrons. The first-order valence-electron chi connectivity index (χ1n) is 5.01. The highest BCUT2D eigenvalue weighted by Crippen LogP contribution is 2.09. The summed E-state index contributed by atoms with van der Waals surface area (Å²) in [6.45, 7) is 2.36. The molecule has 0 bridgehead atoms. The average Bonchev–Trinajstić information content (AvgIpc) is 2.18. The first-order valence-corrected chi connectivity index (χ1v) is 5.42. The van der Waals surface area contributed by atoms with E-state index in [0.29, 0.717) is 13.0 Å². The lowest BCUT2D eigenvalue weighted by molar-refractivity contribution is -0.131. The highest BCUT2D eigenvalue weighted by molar-refractivity contribution is 7.80. The smallest absolute Gasteiger partial charge is 0.224 e. The number of carbonyl (C=O) groups is 1. The Labute approximate surface area is 89.8 Å². The second-order valence-corrected chi connectivity index (χ2v) is 3.92. The van der Waals surface area contributed by atoms with Crippen LogP contribution in [0.15, 0.2) is 0 Å². The minimum atomic E-state index is 0.202. The molecule has 1 saturated heterocycles. The summed E-state index contributed by atoms with van der Waals surface area (Å²) in [5.74, 6) is 0.202. The van der Waals surface area contributed by atoms with Crippen molar-refractivity contribution in [1.29, 1.82) is 0 Å². The largest absolute Gasteiger partial charge is 0.376 e. The number of hydrogen-bond acceptors (Lipinski definition) is 2. The molecule has 0 aliphatic carbocycles. The molecular formula is C9H17N3OS. The van der Waals surface area contributed by atoms with Crippen LogP contribution in [-0.2, 0) is 4.79 Å². The highest BCUT2D eigenvalue weighted by Gasteiger charge is 2.15. The van der Waals surface area contributed by atoms with Crippen molar-refractivity contribution in [2.45, 2.75) is 25.7 Å². The number of carbonyl (C=O) groups excluding carboxylic acids is 1. The van der Waals surface area contributed by atoms with E-state index < -0.39 is 0 Å². The van der Waals surface area contributed by atoms with Gasteiger partial charge >= 0.3 is 0 Å².